The summed E-state index contributed by atoms with van der Waals surface area (Å²) in [6.07, 6.45) is 14.4. The fraction of sp³-hybridized carbons (Fsp3) is 0.958. The van der Waals surface area contributed by atoms with E-state index in [4.69, 9.17) is 4.52 Å². The Morgan fingerprint density at radius 2 is 1.52 bits per heavy atom. The van der Waals surface area contributed by atoms with Crippen molar-refractivity contribution in [3.63, 3.8) is 0 Å². The van der Waals surface area contributed by atoms with Crippen LogP contribution in [0.25, 0.3) is 0 Å². The Morgan fingerprint density at radius 3 is 2.03 bits per heavy atom. The standard InChI is InChI=1S/C24H51N2O4P/c1-7-17-22(9-3)18-15-13-11-10-12-14-16-19-23(27)25-31(29,30-20-8-2)24(28)21-26(4,5)6/h22,24,28H,7-21H2,1-6H3/p+1. The number of aliphatic hydroxyl groups is 1. The van der Waals surface area contributed by atoms with Crippen molar-refractivity contribution in [1.82, 2.24) is 5.09 Å². The van der Waals surface area contributed by atoms with E-state index in [1.54, 1.807) is 0 Å². The number of carbonyl (C=O) groups excluding carboxylic acids is 1. The molecule has 0 rings (SSSR count). The quantitative estimate of drug-likeness (QED) is 0.130. The van der Waals surface area contributed by atoms with Crippen molar-refractivity contribution in [3.05, 3.63) is 0 Å². The third-order valence-corrected chi connectivity index (χ3v) is 7.74. The van der Waals surface area contributed by atoms with Crippen molar-refractivity contribution in [2.75, 3.05) is 34.3 Å². The van der Waals surface area contributed by atoms with E-state index in [0.717, 1.165) is 25.2 Å². The van der Waals surface area contributed by atoms with E-state index < -0.39 is 13.4 Å². The van der Waals surface area contributed by atoms with Crippen LogP contribution in [0.15, 0.2) is 0 Å². The van der Waals surface area contributed by atoms with Crippen LogP contribution in [-0.2, 0) is 13.9 Å². The second-order valence-corrected chi connectivity index (χ2v) is 12.3. The summed E-state index contributed by atoms with van der Waals surface area (Å²) in [4.78, 5) is 12.3. The van der Waals surface area contributed by atoms with Crippen molar-refractivity contribution in [1.29, 1.82) is 0 Å². The summed E-state index contributed by atoms with van der Waals surface area (Å²) in [6.45, 7) is 6.98. The molecular formula is C24H52N2O4P+. The predicted octanol–water partition coefficient (Wildman–Crippen LogP) is 6.08. The number of unbranched alkanes of at least 4 members (excludes halogenated alkanes) is 6. The second-order valence-electron chi connectivity index (χ2n) is 10.00. The molecule has 0 bridgehead atoms. The molecule has 0 heterocycles. The van der Waals surface area contributed by atoms with E-state index in [9.17, 15) is 14.5 Å². The Morgan fingerprint density at radius 1 is 0.935 bits per heavy atom. The maximum absolute atomic E-state index is 13.1. The summed E-state index contributed by atoms with van der Waals surface area (Å²) in [5.41, 5.74) is 0. The number of hydrogen-bond donors (Lipinski definition) is 2. The first-order chi connectivity index (χ1) is 14.6. The number of rotatable bonds is 20. The van der Waals surface area contributed by atoms with Gasteiger partial charge in [0.05, 0.1) is 27.7 Å². The number of nitrogens with zero attached hydrogens (tertiary/aromatic N) is 1. The highest BCUT2D eigenvalue weighted by molar-refractivity contribution is 7.58. The van der Waals surface area contributed by atoms with Crippen LogP contribution >= 0.6 is 7.52 Å². The van der Waals surface area contributed by atoms with E-state index in [0.29, 0.717) is 17.3 Å². The molecule has 1 amide bonds. The van der Waals surface area contributed by atoms with Crippen LogP contribution < -0.4 is 5.09 Å². The first kappa shape index (κ1) is 30.6. The molecule has 0 aromatic heterocycles. The smallest absolute Gasteiger partial charge is 0.329 e. The Labute approximate surface area is 192 Å². The van der Waals surface area contributed by atoms with Gasteiger partial charge in [-0.05, 0) is 18.8 Å². The van der Waals surface area contributed by atoms with Gasteiger partial charge in [-0.2, -0.15) is 0 Å². The van der Waals surface area contributed by atoms with Crippen LogP contribution in [0.4, 0.5) is 0 Å². The molecule has 0 saturated carbocycles. The maximum atomic E-state index is 13.1. The lowest BCUT2D eigenvalue weighted by Crippen LogP contribution is -2.43. The van der Waals surface area contributed by atoms with E-state index in [1.807, 2.05) is 28.1 Å². The highest BCUT2D eigenvalue weighted by Gasteiger charge is 2.38. The van der Waals surface area contributed by atoms with Crippen molar-refractivity contribution < 1.29 is 23.5 Å². The molecule has 2 N–H and O–H groups in total. The second kappa shape index (κ2) is 17.1. The highest BCUT2D eigenvalue weighted by Crippen LogP contribution is 2.47. The van der Waals surface area contributed by atoms with Crippen molar-refractivity contribution in [2.24, 2.45) is 5.92 Å². The zero-order chi connectivity index (χ0) is 23.8. The van der Waals surface area contributed by atoms with Crippen LogP contribution in [-0.4, -0.2) is 55.6 Å². The Kier molecular flexibility index (Phi) is 16.9. The van der Waals surface area contributed by atoms with Gasteiger partial charge in [0.1, 0.15) is 6.54 Å². The summed E-state index contributed by atoms with van der Waals surface area (Å²) in [5.74, 6) is -0.587. The molecule has 0 fully saturated rings. The molecule has 0 aliphatic carbocycles. The number of aliphatic hydroxyl groups excluding tert-OH is 1. The zero-order valence-electron chi connectivity index (χ0n) is 21.3. The predicted molar refractivity (Wildman–Crippen MR) is 131 cm³/mol. The van der Waals surface area contributed by atoms with Crippen molar-refractivity contribution in [2.45, 2.75) is 110 Å². The largest absolute Gasteiger partial charge is 0.376 e. The van der Waals surface area contributed by atoms with Gasteiger partial charge in [0.2, 0.25) is 5.91 Å². The maximum Gasteiger partial charge on any atom is 0.329 e. The number of amides is 1. The molecule has 0 spiro atoms. The molecule has 0 radical (unpaired) electrons. The molecule has 3 unspecified atom stereocenters. The van der Waals surface area contributed by atoms with E-state index in [2.05, 4.69) is 18.9 Å². The fourth-order valence-corrected chi connectivity index (χ4v) is 5.81. The van der Waals surface area contributed by atoms with Gasteiger partial charge in [-0.1, -0.05) is 85.0 Å². The molecule has 31 heavy (non-hydrogen) atoms. The lowest BCUT2D eigenvalue weighted by molar-refractivity contribution is -0.872. The van der Waals surface area contributed by atoms with Crippen LogP contribution in [0.1, 0.15) is 104 Å². The summed E-state index contributed by atoms with van der Waals surface area (Å²) >= 11 is 0. The minimum absolute atomic E-state index is 0.249. The van der Waals surface area contributed by atoms with Crippen molar-refractivity contribution in [3.8, 4) is 0 Å². The Bertz CT molecular complexity index is 508. The summed E-state index contributed by atoms with van der Waals surface area (Å²) in [5, 5.41) is 13.0. The summed E-state index contributed by atoms with van der Waals surface area (Å²) < 4.78 is 19.0. The molecule has 186 valence electrons. The molecule has 7 heteroatoms. The average Bonchev–Trinajstić information content (AvgIpc) is 2.68. The first-order valence-corrected chi connectivity index (χ1v) is 14.3. The third kappa shape index (κ3) is 15.9. The number of likely N-dealkylation sites (N-methyl/N-ethyl adjacent to an activating group) is 1. The van der Waals surface area contributed by atoms with E-state index in [-0.39, 0.29) is 19.1 Å². The van der Waals surface area contributed by atoms with Crippen LogP contribution in [0, 0.1) is 5.92 Å². The van der Waals surface area contributed by atoms with Gasteiger partial charge in [-0.3, -0.25) is 14.4 Å². The molecular weight excluding hydrogens is 411 g/mol. The van der Waals surface area contributed by atoms with Crippen molar-refractivity contribution >= 4 is 13.4 Å². The Hall–Kier alpha value is -0.420. The minimum atomic E-state index is -3.63. The van der Waals surface area contributed by atoms with Gasteiger partial charge in [0.25, 0.3) is 0 Å². The molecule has 6 nitrogen and oxygen atoms in total. The lowest BCUT2D eigenvalue weighted by atomic mass is 9.94. The fourth-order valence-electron chi connectivity index (χ4n) is 3.81. The molecule has 0 aliphatic rings. The highest BCUT2D eigenvalue weighted by atomic mass is 31.2. The minimum Gasteiger partial charge on any atom is -0.376 e. The molecule has 0 aromatic carbocycles. The van der Waals surface area contributed by atoms with Gasteiger partial charge in [0, 0.05) is 6.42 Å². The Balaban J connectivity index is 4.11. The van der Waals surface area contributed by atoms with Crippen LogP contribution in [0.3, 0.4) is 0 Å². The summed E-state index contributed by atoms with van der Waals surface area (Å²) in [7, 11) is 2.09. The molecule has 3 atom stereocenters. The van der Waals surface area contributed by atoms with Crippen LogP contribution in [0.5, 0.6) is 0 Å². The van der Waals surface area contributed by atoms with Gasteiger partial charge in [0.15, 0.2) is 5.85 Å². The average molecular weight is 464 g/mol. The van der Waals surface area contributed by atoms with Gasteiger partial charge < -0.3 is 14.1 Å². The van der Waals surface area contributed by atoms with Crippen LogP contribution in [0.2, 0.25) is 0 Å². The third-order valence-electron chi connectivity index (χ3n) is 5.66. The molecule has 0 aliphatic heterocycles. The lowest BCUT2D eigenvalue weighted by Gasteiger charge is -2.30. The molecule has 0 saturated heterocycles. The zero-order valence-corrected chi connectivity index (χ0v) is 22.2. The number of carbonyl (C=O) groups is 1. The number of nitrogens with one attached hydrogen (secondary N) is 1. The van der Waals surface area contributed by atoms with E-state index in [1.165, 1.54) is 51.4 Å². The first-order valence-electron chi connectivity index (χ1n) is 12.6. The van der Waals surface area contributed by atoms with Gasteiger partial charge >= 0.3 is 7.52 Å². The topological polar surface area (TPSA) is 75.6 Å². The normalized spacial score (nSPS) is 16.0. The molecule has 0 aromatic rings. The number of quaternary nitrogens is 1. The SMILES string of the molecule is CCCOP(=O)(NC(=O)CCCCCCCCCC(CC)CCC)C(O)C[N+](C)(C)C. The number of hydrogen-bond acceptors (Lipinski definition) is 4. The summed E-state index contributed by atoms with van der Waals surface area (Å²) in [6, 6.07) is 0. The van der Waals surface area contributed by atoms with Gasteiger partial charge in [-0.25, -0.2) is 0 Å². The van der Waals surface area contributed by atoms with E-state index >= 15 is 0 Å². The monoisotopic (exact) mass is 463 g/mol. The van der Waals surface area contributed by atoms with Gasteiger partial charge in [-0.15, -0.1) is 0 Å².